The van der Waals surface area contributed by atoms with Crippen molar-refractivity contribution in [2.24, 2.45) is 0 Å². The predicted molar refractivity (Wildman–Crippen MR) is 61.9 cm³/mol. The maximum Gasteiger partial charge on any atom is 0.234 e. The lowest BCUT2D eigenvalue weighted by molar-refractivity contribution is -0.120. The van der Waals surface area contributed by atoms with E-state index in [2.05, 4.69) is 16.7 Å². The molecule has 84 valence electrons. The molecular formula is C11H13N3OS. The Morgan fingerprint density at radius 2 is 2.44 bits per heavy atom. The zero-order valence-electron chi connectivity index (χ0n) is 8.82. The molecule has 0 aliphatic heterocycles. The lowest BCUT2D eigenvalue weighted by atomic mass is 10.3. The number of nitriles is 1. The maximum absolute atomic E-state index is 11.3. The third-order valence-corrected chi connectivity index (χ3v) is 3.25. The molecule has 1 aliphatic carbocycles. The fourth-order valence-corrected chi connectivity index (χ4v) is 2.12. The molecule has 1 aromatic heterocycles. The molecule has 0 aromatic carbocycles. The van der Waals surface area contributed by atoms with Gasteiger partial charge in [0.05, 0.1) is 12.1 Å². The highest BCUT2D eigenvalue weighted by atomic mass is 32.1. The molecule has 16 heavy (non-hydrogen) atoms. The van der Waals surface area contributed by atoms with Crippen molar-refractivity contribution in [2.45, 2.75) is 25.4 Å². The van der Waals surface area contributed by atoms with Gasteiger partial charge in [-0.3, -0.25) is 4.79 Å². The third-order valence-electron chi connectivity index (χ3n) is 2.31. The van der Waals surface area contributed by atoms with Crippen LogP contribution in [-0.2, 0) is 11.3 Å². The first-order valence-electron chi connectivity index (χ1n) is 5.25. The summed E-state index contributed by atoms with van der Waals surface area (Å²) >= 11 is 1.54. The number of amides is 1. The molecule has 0 spiro atoms. The largest absolute Gasteiger partial charge is 0.352 e. The summed E-state index contributed by atoms with van der Waals surface area (Å²) in [4.78, 5) is 12.4. The van der Waals surface area contributed by atoms with Gasteiger partial charge in [0.2, 0.25) is 5.91 Å². The van der Waals surface area contributed by atoms with Crippen LogP contribution in [0.2, 0.25) is 0 Å². The first-order valence-corrected chi connectivity index (χ1v) is 6.13. The molecule has 2 rings (SSSR count). The molecule has 5 heteroatoms. The first-order chi connectivity index (χ1) is 7.78. The van der Waals surface area contributed by atoms with E-state index >= 15 is 0 Å². The average Bonchev–Trinajstić information content (AvgIpc) is 2.96. The molecular weight excluding hydrogens is 222 g/mol. The summed E-state index contributed by atoms with van der Waals surface area (Å²) in [6.07, 6.45) is 2.23. The van der Waals surface area contributed by atoms with E-state index in [9.17, 15) is 4.79 Å². The molecule has 0 saturated heterocycles. The van der Waals surface area contributed by atoms with E-state index in [0.29, 0.717) is 24.7 Å². The number of nitrogens with one attached hydrogen (secondary N) is 2. The Balaban J connectivity index is 1.67. The molecule has 1 saturated carbocycles. The molecule has 4 nitrogen and oxygen atoms in total. The van der Waals surface area contributed by atoms with Crippen LogP contribution in [0.3, 0.4) is 0 Å². The molecule has 1 heterocycles. The Kier molecular flexibility index (Phi) is 3.54. The van der Waals surface area contributed by atoms with Crippen LogP contribution in [0.4, 0.5) is 0 Å². The summed E-state index contributed by atoms with van der Waals surface area (Å²) in [5.41, 5.74) is 0.684. The second kappa shape index (κ2) is 5.10. The van der Waals surface area contributed by atoms with Crippen molar-refractivity contribution in [3.63, 3.8) is 0 Å². The van der Waals surface area contributed by atoms with Crippen LogP contribution >= 0.6 is 11.3 Å². The van der Waals surface area contributed by atoms with Gasteiger partial charge in [0, 0.05) is 22.8 Å². The highest BCUT2D eigenvalue weighted by Crippen LogP contribution is 2.18. The number of carbonyl (C=O) groups is 1. The normalized spacial score (nSPS) is 14.4. The van der Waals surface area contributed by atoms with Crippen LogP contribution in [0.1, 0.15) is 23.3 Å². The van der Waals surface area contributed by atoms with Crippen molar-refractivity contribution in [1.82, 2.24) is 10.6 Å². The topological polar surface area (TPSA) is 64.9 Å². The average molecular weight is 235 g/mol. The predicted octanol–water partition coefficient (Wildman–Crippen LogP) is 0.988. The Bertz CT molecular complexity index is 417. The van der Waals surface area contributed by atoms with Crippen LogP contribution in [0.5, 0.6) is 0 Å². The van der Waals surface area contributed by atoms with Gasteiger partial charge >= 0.3 is 0 Å². The van der Waals surface area contributed by atoms with Gasteiger partial charge in [-0.05, 0) is 18.9 Å². The van der Waals surface area contributed by atoms with Crippen LogP contribution in [0.25, 0.3) is 0 Å². The number of thiophene rings is 1. The third kappa shape index (κ3) is 3.33. The van der Waals surface area contributed by atoms with Crippen molar-refractivity contribution >= 4 is 17.2 Å². The molecule has 1 amide bonds. The maximum atomic E-state index is 11.3. The van der Waals surface area contributed by atoms with Crippen LogP contribution < -0.4 is 10.6 Å². The molecule has 1 fully saturated rings. The summed E-state index contributed by atoms with van der Waals surface area (Å²) in [6.45, 7) is 0.987. The van der Waals surface area contributed by atoms with E-state index in [1.54, 1.807) is 0 Å². The van der Waals surface area contributed by atoms with E-state index in [4.69, 9.17) is 5.26 Å². The number of hydrogen-bond donors (Lipinski definition) is 2. The quantitative estimate of drug-likeness (QED) is 0.800. The molecule has 0 unspecified atom stereocenters. The molecule has 0 radical (unpaired) electrons. The van der Waals surface area contributed by atoms with Gasteiger partial charge in [0.15, 0.2) is 0 Å². The van der Waals surface area contributed by atoms with E-state index in [0.717, 1.165) is 17.7 Å². The van der Waals surface area contributed by atoms with Gasteiger partial charge in [-0.15, -0.1) is 11.3 Å². The minimum Gasteiger partial charge on any atom is -0.352 e. The van der Waals surface area contributed by atoms with Crippen molar-refractivity contribution in [3.05, 3.63) is 21.9 Å². The molecule has 2 N–H and O–H groups in total. The Morgan fingerprint density at radius 3 is 3.06 bits per heavy atom. The van der Waals surface area contributed by atoms with Crippen LogP contribution in [0.15, 0.2) is 11.4 Å². The molecule has 0 bridgehead atoms. The zero-order valence-corrected chi connectivity index (χ0v) is 9.64. The fraction of sp³-hybridized carbons (Fsp3) is 0.455. The van der Waals surface area contributed by atoms with E-state index in [-0.39, 0.29) is 5.91 Å². The number of carbonyl (C=O) groups excluding carboxylic acids is 1. The highest BCUT2D eigenvalue weighted by molar-refractivity contribution is 7.10. The first kappa shape index (κ1) is 11.1. The lowest BCUT2D eigenvalue weighted by Crippen LogP contribution is -2.34. The van der Waals surface area contributed by atoms with Gasteiger partial charge < -0.3 is 10.6 Å². The second-order valence-corrected chi connectivity index (χ2v) is 4.85. The molecule has 0 atom stereocenters. The highest BCUT2D eigenvalue weighted by Gasteiger charge is 2.22. The SMILES string of the molecule is N#Cc1csc(CNCC(=O)NC2CC2)c1. The standard InChI is InChI=1S/C11H13N3OS/c12-4-8-3-10(16-7-8)5-13-6-11(15)14-9-1-2-9/h3,7,9,13H,1-2,5-6H2,(H,14,15). The van der Waals surface area contributed by atoms with Crippen molar-refractivity contribution in [3.8, 4) is 6.07 Å². The van der Waals surface area contributed by atoms with E-state index in [1.807, 2.05) is 11.4 Å². The van der Waals surface area contributed by atoms with Crippen molar-refractivity contribution in [2.75, 3.05) is 6.54 Å². The minimum absolute atomic E-state index is 0.0552. The Morgan fingerprint density at radius 1 is 1.62 bits per heavy atom. The lowest BCUT2D eigenvalue weighted by Gasteiger charge is -2.03. The summed E-state index contributed by atoms with van der Waals surface area (Å²) < 4.78 is 0. The number of nitrogens with zero attached hydrogens (tertiary/aromatic N) is 1. The smallest absolute Gasteiger partial charge is 0.234 e. The van der Waals surface area contributed by atoms with Gasteiger partial charge in [0.25, 0.3) is 0 Å². The number of rotatable bonds is 5. The summed E-state index contributed by atoms with van der Waals surface area (Å²) in [7, 11) is 0. The Labute approximate surface area is 98.3 Å². The monoisotopic (exact) mass is 235 g/mol. The van der Waals surface area contributed by atoms with Gasteiger partial charge in [-0.1, -0.05) is 0 Å². The summed E-state index contributed by atoms with van der Waals surface area (Å²) in [5, 5.41) is 16.4. The number of hydrogen-bond acceptors (Lipinski definition) is 4. The van der Waals surface area contributed by atoms with Gasteiger partial charge in [0.1, 0.15) is 6.07 Å². The second-order valence-electron chi connectivity index (χ2n) is 3.86. The van der Waals surface area contributed by atoms with E-state index < -0.39 is 0 Å². The fourth-order valence-electron chi connectivity index (χ4n) is 1.34. The van der Waals surface area contributed by atoms with Crippen molar-refractivity contribution < 1.29 is 4.79 Å². The minimum atomic E-state index is 0.0552. The molecule has 1 aliphatic rings. The Hall–Kier alpha value is -1.38. The van der Waals surface area contributed by atoms with Gasteiger partial charge in [-0.25, -0.2) is 0 Å². The summed E-state index contributed by atoms with van der Waals surface area (Å²) in [6, 6.07) is 4.35. The van der Waals surface area contributed by atoms with E-state index in [1.165, 1.54) is 11.3 Å². The zero-order chi connectivity index (χ0) is 11.4. The van der Waals surface area contributed by atoms with Crippen LogP contribution in [-0.4, -0.2) is 18.5 Å². The van der Waals surface area contributed by atoms with Gasteiger partial charge in [-0.2, -0.15) is 5.26 Å². The molecule has 1 aromatic rings. The summed E-state index contributed by atoms with van der Waals surface area (Å²) in [5.74, 6) is 0.0552. The van der Waals surface area contributed by atoms with Crippen molar-refractivity contribution in [1.29, 1.82) is 5.26 Å². The van der Waals surface area contributed by atoms with Crippen LogP contribution in [0, 0.1) is 11.3 Å².